The Labute approximate surface area is 250 Å². The molecule has 41 heavy (non-hydrogen) atoms. The lowest BCUT2D eigenvalue weighted by Gasteiger charge is -2.38. The minimum Gasteiger partial charge on any atom is -0.633 e. The molecule has 0 unspecified atom stereocenters. The average Bonchev–Trinajstić information content (AvgIpc) is 3.34. The topological polar surface area (TPSA) is 98.3 Å². The predicted octanol–water partition coefficient (Wildman–Crippen LogP) is 6.94. The van der Waals surface area contributed by atoms with E-state index in [2.05, 4.69) is 10.0 Å². The summed E-state index contributed by atoms with van der Waals surface area (Å²) in [5.74, 6) is 0.119. The van der Waals surface area contributed by atoms with Crippen molar-refractivity contribution in [3.05, 3.63) is 92.6 Å². The number of quaternary nitrogens is 1. The molecule has 1 aliphatic rings. The van der Waals surface area contributed by atoms with Crippen LogP contribution in [0.2, 0.25) is 10.0 Å². The molecule has 14 heteroatoms. The fourth-order valence-electron chi connectivity index (χ4n) is 4.32. The quantitative estimate of drug-likeness (QED) is 0.141. The second kappa shape index (κ2) is 12.8. The van der Waals surface area contributed by atoms with Crippen LogP contribution in [0, 0.1) is 5.21 Å². The molecule has 0 aliphatic carbocycles. The Kier molecular flexibility index (Phi) is 9.82. The van der Waals surface area contributed by atoms with Crippen LogP contribution in [0.5, 0.6) is 0 Å². The normalized spacial score (nSPS) is 15.1. The van der Waals surface area contributed by atoms with Gasteiger partial charge in [0.25, 0.3) is 15.9 Å². The van der Waals surface area contributed by atoms with Gasteiger partial charge in [0.05, 0.1) is 47.3 Å². The number of hydrogen-bond acceptors (Lipinski definition) is 5. The maximum absolute atomic E-state index is 13.3. The molecule has 1 fully saturated rings. The van der Waals surface area contributed by atoms with Crippen LogP contribution in [-0.2, 0) is 22.0 Å². The molecule has 1 amide bonds. The zero-order valence-corrected chi connectivity index (χ0v) is 24.7. The number of thioether (sulfide) groups is 1. The molecule has 0 radical (unpaired) electrons. The van der Waals surface area contributed by atoms with E-state index >= 15 is 0 Å². The molecule has 7 nitrogen and oxygen atoms in total. The second-order valence-electron chi connectivity index (χ2n) is 9.56. The number of nitrogens with one attached hydrogen (secondary N) is 2. The summed E-state index contributed by atoms with van der Waals surface area (Å²) in [7, 11) is -4.41. The Morgan fingerprint density at radius 2 is 1.68 bits per heavy atom. The van der Waals surface area contributed by atoms with Crippen molar-refractivity contribution in [1.29, 1.82) is 0 Å². The number of anilines is 1. The van der Waals surface area contributed by atoms with E-state index in [0.717, 1.165) is 30.5 Å². The number of amides is 1. The van der Waals surface area contributed by atoms with Crippen LogP contribution in [-0.4, -0.2) is 45.2 Å². The Balaban J connectivity index is 1.41. The zero-order chi connectivity index (χ0) is 29.8. The van der Waals surface area contributed by atoms with Gasteiger partial charge in [-0.25, -0.2) is 8.42 Å². The number of hydroxylamine groups is 3. The van der Waals surface area contributed by atoms with E-state index in [1.165, 1.54) is 17.8 Å². The van der Waals surface area contributed by atoms with Crippen LogP contribution in [0.3, 0.4) is 0 Å². The summed E-state index contributed by atoms with van der Waals surface area (Å²) in [6.45, 7) is 1.80. The van der Waals surface area contributed by atoms with E-state index in [9.17, 15) is 31.6 Å². The van der Waals surface area contributed by atoms with Crippen molar-refractivity contribution in [1.82, 2.24) is 5.32 Å². The molecule has 1 saturated heterocycles. The van der Waals surface area contributed by atoms with Crippen LogP contribution >= 0.6 is 35.0 Å². The Morgan fingerprint density at radius 1 is 1.00 bits per heavy atom. The monoisotopic (exact) mass is 647 g/mol. The Hall–Kier alpha value is -2.48. The summed E-state index contributed by atoms with van der Waals surface area (Å²) in [6, 6.07) is 13.7. The van der Waals surface area contributed by atoms with Gasteiger partial charge in [-0.15, -0.1) is 11.8 Å². The highest BCUT2D eigenvalue weighted by molar-refractivity contribution is 7.98. The minimum absolute atomic E-state index is 0.0961. The fraction of sp³-hybridized carbons (Fsp3) is 0.296. The molecule has 0 atom stereocenters. The fourth-order valence-corrected chi connectivity index (χ4v) is 6.83. The number of hydrogen-bond donors (Lipinski definition) is 2. The molecule has 1 aliphatic heterocycles. The average molecular weight is 649 g/mol. The second-order valence-corrected chi connectivity index (χ2v) is 13.1. The predicted molar refractivity (Wildman–Crippen MR) is 155 cm³/mol. The number of carbonyl (C=O) groups is 1. The molecule has 0 spiro atoms. The molecule has 3 aromatic carbocycles. The SMILES string of the molecule is O=C(NCC[N+]1([O-])CCCC1)c1ccc(CSc2ccc(Cl)cc2NS(=O)(=O)c2ccc(Cl)c(C(F)(F)F)c2)cc1. The van der Waals surface area contributed by atoms with E-state index in [-0.39, 0.29) is 21.3 Å². The Morgan fingerprint density at radius 3 is 2.34 bits per heavy atom. The molecule has 0 saturated carbocycles. The molecular weight excluding hydrogens is 622 g/mol. The van der Waals surface area contributed by atoms with Gasteiger partial charge in [-0.2, -0.15) is 13.2 Å². The molecule has 3 aromatic rings. The third-order valence-corrected chi connectivity index (χ3v) is 9.61. The number of halogens is 5. The first-order chi connectivity index (χ1) is 19.3. The van der Waals surface area contributed by atoms with Gasteiger partial charge >= 0.3 is 6.18 Å². The molecule has 0 bridgehead atoms. The first-order valence-corrected chi connectivity index (χ1v) is 15.7. The van der Waals surface area contributed by atoms with E-state index in [4.69, 9.17) is 23.2 Å². The van der Waals surface area contributed by atoms with Gasteiger partial charge < -0.3 is 15.2 Å². The van der Waals surface area contributed by atoms with Gasteiger partial charge in [0, 0.05) is 34.1 Å². The molecule has 220 valence electrons. The third-order valence-electron chi connectivity index (χ3n) is 6.54. The molecule has 2 N–H and O–H groups in total. The maximum atomic E-state index is 13.3. The first kappa shape index (κ1) is 31.5. The highest BCUT2D eigenvalue weighted by Gasteiger charge is 2.34. The number of benzene rings is 3. The van der Waals surface area contributed by atoms with Crippen molar-refractivity contribution in [3.63, 3.8) is 0 Å². The third kappa shape index (κ3) is 8.30. The van der Waals surface area contributed by atoms with Gasteiger partial charge in [-0.3, -0.25) is 9.52 Å². The highest BCUT2D eigenvalue weighted by Crippen LogP contribution is 2.37. The van der Waals surface area contributed by atoms with Gasteiger partial charge in [0.1, 0.15) is 0 Å². The lowest BCUT2D eigenvalue weighted by Crippen LogP contribution is -2.44. The van der Waals surface area contributed by atoms with E-state index < -0.39 is 31.7 Å². The Bertz CT molecular complexity index is 1520. The van der Waals surface area contributed by atoms with E-state index in [0.29, 0.717) is 48.5 Å². The molecular formula is C27H26Cl2F3N3O4S2. The molecule has 0 aromatic heterocycles. The highest BCUT2D eigenvalue weighted by atomic mass is 35.5. The number of nitrogens with zero attached hydrogens (tertiary/aromatic N) is 1. The van der Waals surface area contributed by atoms with Crippen LogP contribution in [0.1, 0.15) is 34.3 Å². The minimum atomic E-state index is -4.83. The summed E-state index contributed by atoms with van der Waals surface area (Å²) in [5.41, 5.74) is 0.115. The van der Waals surface area contributed by atoms with Crippen LogP contribution in [0.25, 0.3) is 0 Å². The van der Waals surface area contributed by atoms with E-state index in [1.807, 2.05) is 0 Å². The summed E-state index contributed by atoms with van der Waals surface area (Å²) < 4.78 is 67.8. The summed E-state index contributed by atoms with van der Waals surface area (Å²) in [6.07, 6.45) is -3.01. The maximum Gasteiger partial charge on any atom is 0.417 e. The van der Waals surface area contributed by atoms with Crippen LogP contribution in [0.15, 0.2) is 70.5 Å². The summed E-state index contributed by atoms with van der Waals surface area (Å²) in [5, 5.41) is 14.8. The number of sulfonamides is 1. The standard InChI is InChI=1S/C27H26Cl2F3N3O4S2/c28-20-7-10-25(24(15-20)34-41(38,39)21-8-9-23(29)22(16-21)27(30,31)32)40-17-18-3-5-19(6-4-18)26(36)33-11-14-35(37)12-1-2-13-35/h3-10,15-16,34H,1-2,11-14,17H2,(H,33,36). The number of alkyl halides is 3. The lowest BCUT2D eigenvalue weighted by molar-refractivity contribution is -0.866. The van der Waals surface area contributed by atoms with Crippen molar-refractivity contribution in [2.45, 2.75) is 34.6 Å². The van der Waals surface area contributed by atoms with Gasteiger partial charge in [-0.1, -0.05) is 35.3 Å². The van der Waals surface area contributed by atoms with Crippen molar-refractivity contribution in [2.75, 3.05) is 30.9 Å². The first-order valence-electron chi connectivity index (χ1n) is 12.5. The summed E-state index contributed by atoms with van der Waals surface area (Å²) in [4.78, 5) is 12.3. The smallest absolute Gasteiger partial charge is 0.417 e. The van der Waals surface area contributed by atoms with Gasteiger partial charge in [0.2, 0.25) is 0 Å². The lowest BCUT2D eigenvalue weighted by atomic mass is 10.1. The van der Waals surface area contributed by atoms with Gasteiger partial charge in [0.15, 0.2) is 0 Å². The van der Waals surface area contributed by atoms with Crippen LogP contribution < -0.4 is 10.0 Å². The van der Waals surface area contributed by atoms with Gasteiger partial charge in [-0.05, 0) is 54.1 Å². The molecule has 1 heterocycles. The van der Waals surface area contributed by atoms with Crippen LogP contribution in [0.4, 0.5) is 18.9 Å². The van der Waals surface area contributed by atoms with E-state index in [1.54, 1.807) is 36.4 Å². The van der Waals surface area contributed by atoms with Crippen molar-refractivity contribution in [2.24, 2.45) is 0 Å². The van der Waals surface area contributed by atoms with Crippen molar-refractivity contribution in [3.8, 4) is 0 Å². The number of rotatable bonds is 10. The summed E-state index contributed by atoms with van der Waals surface area (Å²) >= 11 is 13.0. The zero-order valence-electron chi connectivity index (χ0n) is 21.5. The number of likely N-dealkylation sites (tertiary alicyclic amines) is 1. The van der Waals surface area contributed by atoms with Crippen molar-refractivity contribution < 1.29 is 31.0 Å². The molecule has 4 rings (SSSR count). The van der Waals surface area contributed by atoms with Crippen molar-refractivity contribution >= 4 is 56.6 Å². The largest absolute Gasteiger partial charge is 0.633 e. The number of carbonyl (C=O) groups excluding carboxylic acids is 1.